The Bertz CT molecular complexity index is 447. The Kier molecular flexibility index (Phi) is 2.41. The normalized spacial score (nSPS) is 18.6. The van der Waals surface area contributed by atoms with Crippen molar-refractivity contribution in [3.05, 3.63) is 11.4 Å². The molecule has 1 aliphatic heterocycles. The number of carboxylic acid groups (broad SMARTS) is 1. The van der Waals surface area contributed by atoms with Gasteiger partial charge in [0, 0.05) is 18.7 Å². The number of nitrogens with zero attached hydrogens (tertiary/aromatic N) is 3. The first kappa shape index (κ1) is 10.7. The summed E-state index contributed by atoms with van der Waals surface area (Å²) in [6.45, 7) is 2.07. The quantitative estimate of drug-likeness (QED) is 0.735. The Balaban J connectivity index is 2.42. The third-order valence-electron chi connectivity index (χ3n) is 2.87. The van der Waals surface area contributed by atoms with Gasteiger partial charge in [-0.15, -0.1) is 0 Å². The molecule has 1 atom stereocenters. The topological polar surface area (TPSA) is 92.3 Å². The number of carboxylic acids is 1. The first-order chi connectivity index (χ1) is 7.49. The van der Waals surface area contributed by atoms with Gasteiger partial charge in [0.25, 0.3) is 0 Å². The Hall–Kier alpha value is -1.85. The summed E-state index contributed by atoms with van der Waals surface area (Å²) >= 11 is 0. The van der Waals surface area contributed by atoms with Gasteiger partial charge in [-0.3, -0.25) is 4.79 Å². The number of rotatable bonds is 2. The molecule has 0 aliphatic carbocycles. The van der Waals surface area contributed by atoms with Gasteiger partial charge in [-0.2, -0.15) is 0 Å². The third-order valence-corrected chi connectivity index (χ3v) is 2.87. The Morgan fingerprint density at radius 3 is 2.94 bits per heavy atom. The van der Waals surface area contributed by atoms with Gasteiger partial charge < -0.3 is 15.7 Å². The van der Waals surface area contributed by atoms with Gasteiger partial charge in [0.05, 0.1) is 0 Å². The van der Waals surface area contributed by atoms with Crippen molar-refractivity contribution in [3.63, 3.8) is 0 Å². The van der Waals surface area contributed by atoms with E-state index >= 15 is 0 Å². The molecule has 0 radical (unpaired) electrons. The van der Waals surface area contributed by atoms with Gasteiger partial charge in [0.15, 0.2) is 0 Å². The number of nitrogens with two attached hydrogens (primary N) is 1. The minimum Gasteiger partial charge on any atom is -0.481 e. The van der Waals surface area contributed by atoms with Crippen LogP contribution in [0.25, 0.3) is 0 Å². The van der Waals surface area contributed by atoms with E-state index in [1.54, 1.807) is 0 Å². The summed E-state index contributed by atoms with van der Waals surface area (Å²) in [5, 5.41) is 8.69. The molecule has 16 heavy (non-hydrogen) atoms. The van der Waals surface area contributed by atoms with Gasteiger partial charge in [0.2, 0.25) is 0 Å². The molecule has 2 rings (SSSR count). The molecule has 1 unspecified atom stereocenters. The highest BCUT2D eigenvalue weighted by Gasteiger charge is 2.27. The summed E-state index contributed by atoms with van der Waals surface area (Å²) in [6.07, 6.45) is 0.616. The van der Waals surface area contributed by atoms with E-state index in [1.807, 2.05) is 11.9 Å². The van der Waals surface area contributed by atoms with Crippen molar-refractivity contribution in [1.82, 2.24) is 9.97 Å². The van der Waals surface area contributed by atoms with Crippen molar-refractivity contribution < 1.29 is 9.90 Å². The van der Waals surface area contributed by atoms with Crippen LogP contribution in [-0.2, 0) is 17.6 Å². The molecule has 6 heteroatoms. The lowest BCUT2D eigenvalue weighted by Crippen LogP contribution is -2.24. The highest BCUT2D eigenvalue weighted by Crippen LogP contribution is 2.31. The fraction of sp³-hybridized carbons (Fsp3) is 0.500. The Labute approximate surface area is 93.1 Å². The molecule has 1 aromatic rings. The highest BCUT2D eigenvalue weighted by atomic mass is 16.4. The van der Waals surface area contributed by atoms with Crippen LogP contribution in [0.1, 0.15) is 18.3 Å². The van der Waals surface area contributed by atoms with E-state index in [1.165, 1.54) is 0 Å². The number of carbonyl (C=O) groups is 1. The van der Waals surface area contributed by atoms with E-state index in [-0.39, 0.29) is 12.2 Å². The van der Waals surface area contributed by atoms with Gasteiger partial charge in [0.1, 0.15) is 23.9 Å². The average Bonchev–Trinajstić information content (AvgIpc) is 2.45. The number of aromatic nitrogens is 2. The van der Waals surface area contributed by atoms with Crippen LogP contribution in [0.2, 0.25) is 0 Å². The standard InChI is InChI=1S/C10H14N4O2/c1-5-3-6-9(11)12-7(4-8(15)16)13-10(6)14(5)2/h5H,3-4H2,1-2H3,(H,15,16)(H2,11,12,13). The first-order valence-electron chi connectivity index (χ1n) is 5.09. The molecule has 0 saturated heterocycles. The number of hydrogen-bond donors (Lipinski definition) is 2. The van der Waals surface area contributed by atoms with Crippen LogP contribution in [0.3, 0.4) is 0 Å². The van der Waals surface area contributed by atoms with Crippen LogP contribution in [-0.4, -0.2) is 34.1 Å². The zero-order chi connectivity index (χ0) is 11.9. The largest absolute Gasteiger partial charge is 0.481 e. The predicted octanol–water partition coefficient (Wildman–Crippen LogP) is 0.0667. The minimum atomic E-state index is -0.951. The predicted molar refractivity (Wildman–Crippen MR) is 59.4 cm³/mol. The fourth-order valence-electron chi connectivity index (χ4n) is 1.88. The van der Waals surface area contributed by atoms with Crippen LogP contribution in [0, 0.1) is 0 Å². The third kappa shape index (κ3) is 1.66. The van der Waals surface area contributed by atoms with Crippen molar-refractivity contribution in [2.45, 2.75) is 25.8 Å². The lowest BCUT2D eigenvalue weighted by Gasteiger charge is -2.17. The molecule has 86 valence electrons. The lowest BCUT2D eigenvalue weighted by molar-refractivity contribution is -0.136. The van der Waals surface area contributed by atoms with Crippen LogP contribution >= 0.6 is 0 Å². The molecular formula is C10H14N4O2. The molecule has 0 fully saturated rings. The van der Waals surface area contributed by atoms with E-state index in [0.717, 1.165) is 17.8 Å². The zero-order valence-electron chi connectivity index (χ0n) is 9.27. The van der Waals surface area contributed by atoms with Crippen molar-refractivity contribution >= 4 is 17.6 Å². The average molecular weight is 222 g/mol. The van der Waals surface area contributed by atoms with E-state index < -0.39 is 5.97 Å². The zero-order valence-corrected chi connectivity index (χ0v) is 9.27. The van der Waals surface area contributed by atoms with Crippen LogP contribution in [0.15, 0.2) is 0 Å². The van der Waals surface area contributed by atoms with Gasteiger partial charge in [-0.1, -0.05) is 0 Å². The number of nitrogen functional groups attached to an aromatic ring is 1. The summed E-state index contributed by atoms with van der Waals surface area (Å²) < 4.78 is 0. The number of anilines is 2. The second kappa shape index (κ2) is 3.62. The summed E-state index contributed by atoms with van der Waals surface area (Å²) in [6, 6.07) is 0.326. The van der Waals surface area contributed by atoms with Gasteiger partial charge >= 0.3 is 5.97 Å². The molecule has 1 aromatic heterocycles. The van der Waals surface area contributed by atoms with Crippen molar-refractivity contribution in [2.75, 3.05) is 17.7 Å². The van der Waals surface area contributed by atoms with E-state index in [4.69, 9.17) is 10.8 Å². The van der Waals surface area contributed by atoms with Crippen molar-refractivity contribution in [3.8, 4) is 0 Å². The molecule has 6 nitrogen and oxygen atoms in total. The van der Waals surface area contributed by atoms with E-state index in [2.05, 4.69) is 16.9 Å². The molecule has 0 bridgehead atoms. The SMILES string of the molecule is CC1Cc2c(N)nc(CC(=O)O)nc2N1C. The maximum Gasteiger partial charge on any atom is 0.311 e. The number of fused-ring (bicyclic) bond motifs is 1. The molecule has 2 heterocycles. The molecule has 0 saturated carbocycles. The van der Waals surface area contributed by atoms with Gasteiger partial charge in [-0.25, -0.2) is 9.97 Å². The second-order valence-corrected chi connectivity index (χ2v) is 4.06. The monoisotopic (exact) mass is 222 g/mol. The van der Waals surface area contributed by atoms with Crippen molar-refractivity contribution in [2.24, 2.45) is 0 Å². The summed E-state index contributed by atoms with van der Waals surface area (Å²) in [5.74, 6) is 0.478. The number of hydrogen-bond acceptors (Lipinski definition) is 5. The lowest BCUT2D eigenvalue weighted by atomic mass is 10.2. The highest BCUT2D eigenvalue weighted by molar-refractivity contribution is 5.70. The summed E-state index contributed by atoms with van der Waals surface area (Å²) in [7, 11) is 1.92. The van der Waals surface area contributed by atoms with E-state index in [9.17, 15) is 4.79 Å². The maximum atomic E-state index is 10.6. The van der Waals surface area contributed by atoms with E-state index in [0.29, 0.717) is 11.9 Å². The van der Waals surface area contributed by atoms with Crippen molar-refractivity contribution in [1.29, 1.82) is 0 Å². The molecular weight excluding hydrogens is 208 g/mol. The smallest absolute Gasteiger partial charge is 0.311 e. The molecule has 3 N–H and O–H groups in total. The Morgan fingerprint density at radius 2 is 2.31 bits per heavy atom. The fourth-order valence-corrected chi connectivity index (χ4v) is 1.88. The summed E-state index contributed by atoms with van der Waals surface area (Å²) in [5.41, 5.74) is 6.72. The molecule has 0 amide bonds. The molecule has 1 aliphatic rings. The number of likely N-dealkylation sites (N-methyl/N-ethyl adjacent to an activating group) is 1. The first-order valence-corrected chi connectivity index (χ1v) is 5.09. The summed E-state index contributed by atoms with van der Waals surface area (Å²) in [4.78, 5) is 20.8. The molecule has 0 spiro atoms. The molecule has 0 aromatic carbocycles. The van der Waals surface area contributed by atoms with Crippen LogP contribution < -0.4 is 10.6 Å². The Morgan fingerprint density at radius 1 is 1.62 bits per heavy atom. The van der Waals surface area contributed by atoms with Gasteiger partial charge in [-0.05, 0) is 13.3 Å². The number of aliphatic carboxylic acids is 1. The minimum absolute atomic E-state index is 0.195. The maximum absolute atomic E-state index is 10.6. The van der Waals surface area contributed by atoms with Crippen LogP contribution in [0.4, 0.5) is 11.6 Å². The van der Waals surface area contributed by atoms with Crippen LogP contribution in [0.5, 0.6) is 0 Å². The second-order valence-electron chi connectivity index (χ2n) is 4.06.